The van der Waals surface area contributed by atoms with Gasteiger partial charge in [-0.25, -0.2) is 0 Å². The first-order chi connectivity index (χ1) is 4.18. The molecule has 52 valence electrons. The minimum Gasteiger partial charge on any atom is -0.366 e. The summed E-state index contributed by atoms with van der Waals surface area (Å²) in [6.07, 6.45) is 5.06. The molecular formula is C7H13NO. The second kappa shape index (κ2) is 10.0. The molecule has 0 bridgehead atoms. The smallest absolute Gasteiger partial charge is 0.240 e. The van der Waals surface area contributed by atoms with E-state index >= 15 is 0 Å². The molecule has 0 aromatic rings. The van der Waals surface area contributed by atoms with Gasteiger partial charge in [-0.05, 0) is 19.9 Å². The summed E-state index contributed by atoms with van der Waals surface area (Å²) in [5, 5.41) is 0. The number of allylic oxidation sites excluding steroid dienone is 2. The molecule has 0 heterocycles. The van der Waals surface area contributed by atoms with E-state index < -0.39 is 5.91 Å². The maximum Gasteiger partial charge on any atom is 0.240 e. The van der Waals surface area contributed by atoms with Gasteiger partial charge < -0.3 is 5.73 Å². The molecule has 0 saturated carbocycles. The molecule has 2 N–H and O–H groups in total. The Bertz CT molecular complexity index is 101. The van der Waals surface area contributed by atoms with Crippen molar-refractivity contribution in [3.63, 3.8) is 0 Å². The molecule has 2 heteroatoms. The standard InChI is InChI=1S/C4H8.C3H5NO/c1-3-4-2;1-2-3(4)5/h3-4H,1-2H3;2H,1H2,(H2,4,5). The zero-order valence-corrected chi connectivity index (χ0v) is 5.92. The lowest BCUT2D eigenvalue weighted by Gasteiger charge is -1.65. The van der Waals surface area contributed by atoms with Crippen LogP contribution in [0.5, 0.6) is 0 Å². The normalized spacial score (nSPS) is 7.78. The first-order valence-electron chi connectivity index (χ1n) is 2.68. The van der Waals surface area contributed by atoms with Crippen molar-refractivity contribution >= 4 is 5.91 Å². The molecular weight excluding hydrogens is 114 g/mol. The van der Waals surface area contributed by atoms with E-state index in [4.69, 9.17) is 0 Å². The monoisotopic (exact) mass is 127 g/mol. The van der Waals surface area contributed by atoms with Crippen LogP contribution in [0.15, 0.2) is 24.8 Å². The minimum absolute atomic E-state index is 0.481. The van der Waals surface area contributed by atoms with Crippen LogP contribution in [0.25, 0.3) is 0 Å². The van der Waals surface area contributed by atoms with Crippen LogP contribution >= 0.6 is 0 Å². The van der Waals surface area contributed by atoms with E-state index in [9.17, 15) is 4.79 Å². The van der Waals surface area contributed by atoms with Gasteiger partial charge in [0.05, 0.1) is 0 Å². The number of hydrogen-bond donors (Lipinski definition) is 1. The quantitative estimate of drug-likeness (QED) is 0.418. The Morgan fingerprint density at radius 3 is 1.67 bits per heavy atom. The number of primary amides is 1. The lowest BCUT2D eigenvalue weighted by molar-refractivity contribution is -0.113. The first-order valence-corrected chi connectivity index (χ1v) is 2.68. The molecule has 0 aliphatic rings. The molecule has 0 unspecified atom stereocenters. The maximum atomic E-state index is 9.47. The highest BCUT2D eigenvalue weighted by molar-refractivity contribution is 5.84. The predicted octanol–water partition coefficient (Wildman–Crippen LogP) is 1.24. The van der Waals surface area contributed by atoms with Crippen LogP contribution < -0.4 is 5.73 Å². The fourth-order valence-electron chi connectivity index (χ4n) is 0. The maximum absolute atomic E-state index is 9.47. The van der Waals surface area contributed by atoms with Gasteiger partial charge in [-0.1, -0.05) is 18.7 Å². The fourth-order valence-corrected chi connectivity index (χ4v) is 0. The number of rotatable bonds is 1. The highest BCUT2D eigenvalue weighted by Gasteiger charge is 1.69. The number of amides is 1. The lowest BCUT2D eigenvalue weighted by Crippen LogP contribution is -2.04. The van der Waals surface area contributed by atoms with Gasteiger partial charge in [0, 0.05) is 0 Å². The Kier molecular flexibility index (Phi) is 12.1. The Hall–Kier alpha value is -1.05. The van der Waals surface area contributed by atoms with Crippen LogP contribution in [0.1, 0.15) is 13.8 Å². The van der Waals surface area contributed by atoms with Gasteiger partial charge in [0.15, 0.2) is 0 Å². The summed E-state index contributed by atoms with van der Waals surface area (Å²) in [4.78, 5) is 9.47. The molecule has 1 amide bonds. The highest BCUT2D eigenvalue weighted by atomic mass is 16.1. The number of hydrogen-bond acceptors (Lipinski definition) is 1. The van der Waals surface area contributed by atoms with Crippen molar-refractivity contribution < 1.29 is 4.79 Å². The third-order valence-electron chi connectivity index (χ3n) is 0.535. The topological polar surface area (TPSA) is 43.1 Å². The van der Waals surface area contributed by atoms with Gasteiger partial charge >= 0.3 is 0 Å². The second-order valence-electron chi connectivity index (χ2n) is 1.27. The van der Waals surface area contributed by atoms with Crippen molar-refractivity contribution in [2.75, 3.05) is 0 Å². The zero-order chi connectivity index (χ0) is 7.70. The first kappa shape index (κ1) is 10.8. The van der Waals surface area contributed by atoms with Crippen molar-refractivity contribution in [3.8, 4) is 0 Å². The van der Waals surface area contributed by atoms with Crippen LogP contribution in [0.3, 0.4) is 0 Å². The molecule has 0 atom stereocenters. The van der Waals surface area contributed by atoms with E-state index in [1.807, 2.05) is 26.0 Å². The molecule has 9 heavy (non-hydrogen) atoms. The SMILES string of the molecule is C=CC(N)=O.CC=CC. The average molecular weight is 127 g/mol. The van der Waals surface area contributed by atoms with Gasteiger partial charge in [0.25, 0.3) is 0 Å². The Morgan fingerprint density at radius 2 is 1.67 bits per heavy atom. The summed E-state index contributed by atoms with van der Waals surface area (Å²) in [6.45, 7) is 7.09. The van der Waals surface area contributed by atoms with Crippen LogP contribution in [0.2, 0.25) is 0 Å². The van der Waals surface area contributed by atoms with Gasteiger partial charge in [0.2, 0.25) is 5.91 Å². The van der Waals surface area contributed by atoms with Gasteiger partial charge in [-0.2, -0.15) is 0 Å². The third kappa shape index (κ3) is 44.8. The zero-order valence-electron chi connectivity index (χ0n) is 5.92. The van der Waals surface area contributed by atoms with E-state index in [-0.39, 0.29) is 0 Å². The molecule has 0 aromatic heterocycles. The van der Waals surface area contributed by atoms with Gasteiger partial charge in [-0.15, -0.1) is 0 Å². The predicted molar refractivity (Wildman–Crippen MR) is 39.9 cm³/mol. The Balaban J connectivity index is 0. The second-order valence-corrected chi connectivity index (χ2v) is 1.27. The van der Waals surface area contributed by atoms with Crippen molar-refractivity contribution in [1.82, 2.24) is 0 Å². The molecule has 0 saturated heterocycles. The molecule has 0 rings (SSSR count). The van der Waals surface area contributed by atoms with E-state index in [0.717, 1.165) is 6.08 Å². The molecule has 2 nitrogen and oxygen atoms in total. The van der Waals surface area contributed by atoms with Crippen molar-refractivity contribution in [1.29, 1.82) is 0 Å². The van der Waals surface area contributed by atoms with E-state index in [0.29, 0.717) is 0 Å². The largest absolute Gasteiger partial charge is 0.366 e. The number of carbonyl (C=O) groups excluding carboxylic acids is 1. The fraction of sp³-hybridized carbons (Fsp3) is 0.286. The minimum atomic E-state index is -0.481. The molecule has 0 aromatic carbocycles. The van der Waals surface area contributed by atoms with Crippen molar-refractivity contribution in [3.05, 3.63) is 24.8 Å². The summed E-state index contributed by atoms with van der Waals surface area (Å²) in [5.41, 5.74) is 4.53. The van der Waals surface area contributed by atoms with Crippen LogP contribution in [-0.2, 0) is 4.79 Å². The van der Waals surface area contributed by atoms with Crippen LogP contribution in [-0.4, -0.2) is 5.91 Å². The van der Waals surface area contributed by atoms with E-state index in [1.165, 1.54) is 0 Å². The molecule has 0 fully saturated rings. The van der Waals surface area contributed by atoms with Crippen LogP contribution in [0.4, 0.5) is 0 Å². The summed E-state index contributed by atoms with van der Waals surface area (Å²) in [6, 6.07) is 0. The summed E-state index contributed by atoms with van der Waals surface area (Å²) in [7, 11) is 0. The Labute approximate surface area is 56.1 Å². The van der Waals surface area contributed by atoms with E-state index in [1.54, 1.807) is 0 Å². The summed E-state index contributed by atoms with van der Waals surface area (Å²) >= 11 is 0. The average Bonchev–Trinajstić information content (AvgIpc) is 1.89. The molecule has 0 aliphatic heterocycles. The lowest BCUT2D eigenvalue weighted by atomic mass is 10.6. The third-order valence-corrected chi connectivity index (χ3v) is 0.535. The Morgan fingerprint density at radius 1 is 1.44 bits per heavy atom. The van der Waals surface area contributed by atoms with Crippen molar-refractivity contribution in [2.24, 2.45) is 5.73 Å². The van der Waals surface area contributed by atoms with Crippen LogP contribution in [0, 0.1) is 0 Å². The molecule has 0 radical (unpaired) electrons. The molecule has 0 spiro atoms. The molecule has 0 aliphatic carbocycles. The van der Waals surface area contributed by atoms with Crippen molar-refractivity contribution in [2.45, 2.75) is 13.8 Å². The highest BCUT2D eigenvalue weighted by Crippen LogP contribution is 1.57. The number of carbonyl (C=O) groups is 1. The van der Waals surface area contributed by atoms with Gasteiger partial charge in [0.1, 0.15) is 0 Å². The van der Waals surface area contributed by atoms with Gasteiger partial charge in [-0.3, -0.25) is 4.79 Å². The van der Waals surface area contributed by atoms with E-state index in [2.05, 4.69) is 12.3 Å². The number of nitrogens with two attached hydrogens (primary N) is 1. The summed E-state index contributed by atoms with van der Waals surface area (Å²) < 4.78 is 0. The summed E-state index contributed by atoms with van der Waals surface area (Å²) in [5.74, 6) is -0.481.